The summed E-state index contributed by atoms with van der Waals surface area (Å²) in [6, 6.07) is 15.7. The van der Waals surface area contributed by atoms with Gasteiger partial charge in [0.2, 0.25) is 0 Å². The zero-order chi connectivity index (χ0) is 15.9. The molecule has 2 aromatic rings. The van der Waals surface area contributed by atoms with Crippen molar-refractivity contribution in [2.45, 2.75) is 18.4 Å². The lowest BCUT2D eigenvalue weighted by Crippen LogP contribution is -2.10. The molecule has 0 aliphatic heterocycles. The van der Waals surface area contributed by atoms with Gasteiger partial charge >= 0.3 is 5.97 Å². The molecule has 0 radical (unpaired) electrons. The lowest BCUT2D eigenvalue weighted by Gasteiger charge is -2.09. The summed E-state index contributed by atoms with van der Waals surface area (Å²) in [6.45, 7) is 1.80. The van der Waals surface area contributed by atoms with Crippen LogP contribution in [0.25, 0.3) is 0 Å². The van der Waals surface area contributed by atoms with Gasteiger partial charge in [0.1, 0.15) is 6.61 Å². The summed E-state index contributed by atoms with van der Waals surface area (Å²) in [7, 11) is -1.23. The molecule has 22 heavy (non-hydrogen) atoms. The van der Waals surface area contributed by atoms with Crippen LogP contribution in [-0.2, 0) is 22.1 Å². The third-order valence-corrected chi connectivity index (χ3v) is 4.48. The Labute approximate surface area is 131 Å². The van der Waals surface area contributed by atoms with Crippen molar-refractivity contribution in [3.63, 3.8) is 0 Å². The Morgan fingerprint density at radius 2 is 1.86 bits per heavy atom. The third-order valence-electron chi connectivity index (χ3n) is 3.11. The Hall–Kier alpha value is -2.45. The van der Waals surface area contributed by atoms with Crippen LogP contribution in [0.15, 0.2) is 53.4 Å². The topological polar surface area (TPSA) is 67.2 Å². The van der Waals surface area contributed by atoms with Gasteiger partial charge in [0.15, 0.2) is 0 Å². The van der Waals surface area contributed by atoms with Crippen LogP contribution in [0.1, 0.15) is 28.4 Å². The molecular weight excluding hydrogens is 298 g/mol. The van der Waals surface area contributed by atoms with E-state index < -0.39 is 16.8 Å². The summed E-state index contributed by atoms with van der Waals surface area (Å²) in [4.78, 5) is 12.7. The Kier molecular flexibility index (Phi) is 5.45. The second-order valence-corrected chi connectivity index (χ2v) is 6.18. The quantitative estimate of drug-likeness (QED) is 0.796. The molecule has 0 fully saturated rings. The highest BCUT2D eigenvalue weighted by molar-refractivity contribution is 7.85. The first-order valence-electron chi connectivity index (χ1n) is 6.80. The molecule has 0 amide bonds. The molecule has 0 N–H and O–H groups in total. The van der Waals surface area contributed by atoms with Gasteiger partial charge in [-0.3, -0.25) is 4.21 Å². The van der Waals surface area contributed by atoms with Crippen LogP contribution in [0.5, 0.6) is 0 Å². The molecule has 0 aromatic heterocycles. The van der Waals surface area contributed by atoms with Crippen LogP contribution >= 0.6 is 0 Å². The summed E-state index contributed by atoms with van der Waals surface area (Å²) in [5.74, 6) is -0.105. The molecule has 1 atom stereocenters. The zero-order valence-corrected chi connectivity index (χ0v) is 12.9. The minimum absolute atomic E-state index is 0.00958. The van der Waals surface area contributed by atoms with Crippen molar-refractivity contribution in [1.29, 1.82) is 5.26 Å². The molecule has 0 aliphatic carbocycles. The standard InChI is InChI=1S/C17H15NO3S/c1-2-22(20)16-10-6-5-9-15(16)17(19)21-12-14-8-4-3-7-13(14)11-18/h3-10H,2,12H2,1H3/t22-/m1/s1. The van der Waals surface area contributed by atoms with Crippen molar-refractivity contribution in [1.82, 2.24) is 0 Å². The Bertz CT molecular complexity index is 750. The third kappa shape index (κ3) is 3.60. The van der Waals surface area contributed by atoms with Gasteiger partial charge in [0.25, 0.3) is 0 Å². The average molecular weight is 313 g/mol. The first-order chi connectivity index (χ1) is 10.7. The summed E-state index contributed by atoms with van der Waals surface area (Å²) >= 11 is 0. The maximum absolute atomic E-state index is 12.2. The molecule has 0 saturated carbocycles. The highest BCUT2D eigenvalue weighted by Crippen LogP contribution is 2.16. The van der Waals surface area contributed by atoms with Crippen LogP contribution in [0.4, 0.5) is 0 Å². The zero-order valence-electron chi connectivity index (χ0n) is 12.1. The maximum Gasteiger partial charge on any atom is 0.339 e. The van der Waals surface area contributed by atoms with Crippen LogP contribution < -0.4 is 0 Å². The molecule has 2 rings (SSSR count). The minimum Gasteiger partial charge on any atom is -0.457 e. The first-order valence-corrected chi connectivity index (χ1v) is 8.11. The highest BCUT2D eigenvalue weighted by atomic mass is 32.2. The van der Waals surface area contributed by atoms with Gasteiger partial charge in [-0.1, -0.05) is 37.3 Å². The average Bonchev–Trinajstić information content (AvgIpc) is 2.59. The number of nitrogens with zero attached hydrogens (tertiary/aromatic N) is 1. The minimum atomic E-state index is -1.23. The van der Waals surface area contributed by atoms with Crippen molar-refractivity contribution in [2.75, 3.05) is 5.75 Å². The van der Waals surface area contributed by atoms with Crippen molar-refractivity contribution in [3.8, 4) is 6.07 Å². The first kappa shape index (κ1) is 15.9. The van der Waals surface area contributed by atoms with Crippen LogP contribution in [0.2, 0.25) is 0 Å². The summed E-state index contributed by atoms with van der Waals surface area (Å²) < 4.78 is 17.2. The molecule has 4 nitrogen and oxygen atoms in total. The second-order valence-electron chi connectivity index (χ2n) is 4.48. The lowest BCUT2D eigenvalue weighted by molar-refractivity contribution is 0.0468. The fourth-order valence-corrected chi connectivity index (χ4v) is 2.90. The molecule has 2 aromatic carbocycles. The number of carbonyl (C=O) groups excluding carboxylic acids is 1. The van der Waals surface area contributed by atoms with E-state index in [1.807, 2.05) is 0 Å². The summed E-state index contributed by atoms with van der Waals surface area (Å²) in [6.07, 6.45) is 0. The fraction of sp³-hybridized carbons (Fsp3) is 0.176. The van der Waals surface area contributed by atoms with E-state index in [0.717, 1.165) is 0 Å². The predicted molar refractivity (Wildman–Crippen MR) is 83.7 cm³/mol. The number of nitriles is 1. The molecule has 112 valence electrons. The van der Waals surface area contributed by atoms with E-state index in [0.29, 0.717) is 27.3 Å². The number of rotatable bonds is 5. The largest absolute Gasteiger partial charge is 0.457 e. The number of benzene rings is 2. The number of esters is 1. The number of carbonyl (C=O) groups is 1. The molecule has 0 saturated heterocycles. The Morgan fingerprint density at radius 3 is 2.59 bits per heavy atom. The van der Waals surface area contributed by atoms with Gasteiger partial charge in [0.05, 0.1) is 32.9 Å². The molecule has 0 aliphatic rings. The van der Waals surface area contributed by atoms with E-state index >= 15 is 0 Å². The van der Waals surface area contributed by atoms with E-state index in [9.17, 15) is 9.00 Å². The number of hydrogen-bond donors (Lipinski definition) is 0. The summed E-state index contributed by atoms with van der Waals surface area (Å²) in [5.41, 5.74) is 1.42. The van der Waals surface area contributed by atoms with Gasteiger partial charge in [-0.2, -0.15) is 5.26 Å². The van der Waals surface area contributed by atoms with E-state index in [-0.39, 0.29) is 6.61 Å². The van der Waals surface area contributed by atoms with E-state index in [2.05, 4.69) is 6.07 Å². The summed E-state index contributed by atoms with van der Waals surface area (Å²) in [5, 5.41) is 9.02. The predicted octanol–water partition coefficient (Wildman–Crippen LogP) is 3.04. The van der Waals surface area contributed by atoms with E-state index in [4.69, 9.17) is 10.00 Å². The lowest BCUT2D eigenvalue weighted by atomic mass is 10.1. The van der Waals surface area contributed by atoms with Crippen molar-refractivity contribution >= 4 is 16.8 Å². The van der Waals surface area contributed by atoms with Crippen LogP contribution in [0.3, 0.4) is 0 Å². The Morgan fingerprint density at radius 1 is 1.18 bits per heavy atom. The normalized spacial score (nSPS) is 11.5. The van der Waals surface area contributed by atoms with Gasteiger partial charge < -0.3 is 4.74 Å². The van der Waals surface area contributed by atoms with Crippen LogP contribution in [-0.4, -0.2) is 15.9 Å². The number of ether oxygens (including phenoxy) is 1. The van der Waals surface area contributed by atoms with E-state index in [1.54, 1.807) is 55.5 Å². The van der Waals surface area contributed by atoms with Crippen LogP contribution in [0, 0.1) is 11.3 Å². The Balaban J connectivity index is 2.17. The van der Waals surface area contributed by atoms with Crippen molar-refractivity contribution in [3.05, 3.63) is 65.2 Å². The maximum atomic E-state index is 12.2. The molecular formula is C17H15NO3S. The van der Waals surface area contributed by atoms with E-state index in [1.165, 1.54) is 0 Å². The molecule has 0 spiro atoms. The van der Waals surface area contributed by atoms with Gasteiger partial charge in [-0.05, 0) is 18.2 Å². The molecule has 0 heterocycles. The smallest absolute Gasteiger partial charge is 0.339 e. The van der Waals surface area contributed by atoms with Gasteiger partial charge in [0, 0.05) is 11.3 Å². The second kappa shape index (κ2) is 7.53. The van der Waals surface area contributed by atoms with Crippen molar-refractivity contribution < 1.29 is 13.7 Å². The fourth-order valence-electron chi connectivity index (χ4n) is 1.97. The SMILES string of the molecule is CC[S@@](=O)c1ccccc1C(=O)OCc1ccccc1C#N. The van der Waals surface area contributed by atoms with Gasteiger partial charge in [-0.15, -0.1) is 0 Å². The molecule has 0 bridgehead atoms. The molecule has 0 unspecified atom stereocenters. The highest BCUT2D eigenvalue weighted by Gasteiger charge is 2.16. The number of hydrogen-bond acceptors (Lipinski definition) is 4. The monoisotopic (exact) mass is 313 g/mol. The van der Waals surface area contributed by atoms with Crippen molar-refractivity contribution in [2.24, 2.45) is 0 Å². The van der Waals surface area contributed by atoms with Gasteiger partial charge in [-0.25, -0.2) is 4.79 Å². The molecule has 5 heteroatoms.